The highest BCUT2D eigenvalue weighted by molar-refractivity contribution is 7.91. The fraction of sp³-hybridized carbons (Fsp3) is 0.667. The van der Waals surface area contributed by atoms with Crippen LogP contribution >= 0.6 is 0 Å². The van der Waals surface area contributed by atoms with Crippen LogP contribution in [-0.2, 0) is 19.3 Å². The van der Waals surface area contributed by atoms with Crippen LogP contribution in [0.4, 0.5) is 0 Å². The molecule has 0 N–H and O–H groups in total. The van der Waals surface area contributed by atoms with E-state index >= 15 is 0 Å². The van der Waals surface area contributed by atoms with Gasteiger partial charge in [-0.15, -0.1) is 0 Å². The number of ether oxygens (including phenoxy) is 2. The Morgan fingerprint density at radius 3 is 2.45 bits per heavy atom. The summed E-state index contributed by atoms with van der Waals surface area (Å²) in [5.74, 6) is -0.0934. The Hall–Kier alpha value is -1.48. The Bertz CT molecular complexity index is 786. The summed E-state index contributed by atoms with van der Waals surface area (Å²) in [6.07, 6.45) is 2.40. The van der Waals surface area contributed by atoms with Crippen LogP contribution in [0.1, 0.15) is 37.0 Å². The Labute approximate surface area is 173 Å². The van der Waals surface area contributed by atoms with Crippen molar-refractivity contribution in [2.24, 2.45) is 0 Å². The van der Waals surface area contributed by atoms with Gasteiger partial charge in [0.2, 0.25) is 0 Å². The van der Waals surface area contributed by atoms with Gasteiger partial charge in [0, 0.05) is 44.9 Å². The Balaban J connectivity index is 1.66. The van der Waals surface area contributed by atoms with Gasteiger partial charge in [-0.3, -0.25) is 9.69 Å². The molecule has 2 heterocycles. The van der Waals surface area contributed by atoms with E-state index in [4.69, 9.17) is 9.47 Å². The molecule has 8 heteroatoms. The highest BCUT2D eigenvalue weighted by Gasteiger charge is 2.33. The van der Waals surface area contributed by atoms with Gasteiger partial charge in [0.05, 0.1) is 29.5 Å². The number of sulfone groups is 1. The number of likely N-dealkylation sites (tertiary alicyclic amines) is 1. The number of amides is 1. The molecule has 3 unspecified atom stereocenters. The lowest BCUT2D eigenvalue weighted by Crippen LogP contribution is -2.50. The molecule has 2 saturated heterocycles. The highest BCUT2D eigenvalue weighted by Crippen LogP contribution is 2.23. The van der Waals surface area contributed by atoms with Crippen molar-refractivity contribution in [1.82, 2.24) is 9.80 Å². The van der Waals surface area contributed by atoms with Crippen LogP contribution < -0.4 is 0 Å². The predicted octanol–water partition coefficient (Wildman–Crippen LogP) is 1.82. The van der Waals surface area contributed by atoms with Crippen LogP contribution in [0.3, 0.4) is 0 Å². The van der Waals surface area contributed by atoms with Crippen molar-refractivity contribution < 1.29 is 22.7 Å². The smallest absolute Gasteiger partial charge is 0.254 e. The first-order valence-corrected chi connectivity index (χ1v) is 12.0. The third-order valence-electron chi connectivity index (χ3n) is 5.62. The summed E-state index contributed by atoms with van der Waals surface area (Å²) in [5.41, 5.74) is 0.534. The van der Waals surface area contributed by atoms with Crippen LogP contribution in [0.2, 0.25) is 0 Å². The fourth-order valence-electron chi connectivity index (χ4n) is 4.31. The summed E-state index contributed by atoms with van der Waals surface area (Å²) in [6.45, 7) is 7.69. The Morgan fingerprint density at radius 2 is 1.83 bits per heavy atom. The van der Waals surface area contributed by atoms with Crippen LogP contribution in [0.25, 0.3) is 0 Å². The first kappa shape index (κ1) is 22.2. The number of hydrogen-bond acceptors (Lipinski definition) is 6. The monoisotopic (exact) mass is 424 g/mol. The average Bonchev–Trinajstić information content (AvgIpc) is 3.13. The maximum absolute atomic E-state index is 13.1. The lowest BCUT2D eigenvalue weighted by molar-refractivity contribution is -0.0715. The molecule has 3 atom stereocenters. The summed E-state index contributed by atoms with van der Waals surface area (Å²) in [4.78, 5) is 17.6. The second kappa shape index (κ2) is 9.55. The highest BCUT2D eigenvalue weighted by atomic mass is 32.2. The second-order valence-electron chi connectivity index (χ2n) is 8.11. The minimum absolute atomic E-state index is 0.0253. The second-order valence-corrected chi connectivity index (χ2v) is 10.2. The van der Waals surface area contributed by atoms with Gasteiger partial charge in [0.1, 0.15) is 0 Å². The fourth-order valence-corrected chi connectivity index (χ4v) is 5.48. The zero-order valence-electron chi connectivity index (χ0n) is 17.5. The van der Waals surface area contributed by atoms with Gasteiger partial charge >= 0.3 is 0 Å². The predicted molar refractivity (Wildman–Crippen MR) is 111 cm³/mol. The molecule has 162 valence electrons. The van der Waals surface area contributed by atoms with E-state index in [-0.39, 0.29) is 41.4 Å². The van der Waals surface area contributed by atoms with Crippen molar-refractivity contribution in [3.63, 3.8) is 0 Å². The van der Waals surface area contributed by atoms with Gasteiger partial charge in [-0.05, 0) is 51.0 Å². The van der Waals surface area contributed by atoms with Crippen LogP contribution in [0, 0.1) is 0 Å². The Kier molecular flexibility index (Phi) is 7.32. The van der Waals surface area contributed by atoms with Crippen molar-refractivity contribution in [2.75, 3.05) is 45.6 Å². The number of hydrogen-bond donors (Lipinski definition) is 0. The van der Waals surface area contributed by atoms with E-state index < -0.39 is 9.84 Å². The van der Waals surface area contributed by atoms with E-state index in [2.05, 4.69) is 18.7 Å². The van der Waals surface area contributed by atoms with Gasteiger partial charge in [-0.2, -0.15) is 0 Å². The average molecular weight is 425 g/mol. The lowest BCUT2D eigenvalue weighted by Gasteiger charge is -2.38. The molecule has 29 heavy (non-hydrogen) atoms. The normalized spacial score (nSPS) is 26.0. The molecule has 0 spiro atoms. The number of methoxy groups -OCH3 is 1. The third kappa shape index (κ3) is 5.57. The maximum atomic E-state index is 13.1. The summed E-state index contributed by atoms with van der Waals surface area (Å²) in [7, 11) is -1.92. The minimum Gasteiger partial charge on any atom is -0.384 e. The van der Waals surface area contributed by atoms with Crippen molar-refractivity contribution in [1.29, 1.82) is 0 Å². The number of benzene rings is 1. The molecule has 2 aliphatic heterocycles. The molecular weight excluding hydrogens is 392 g/mol. The molecule has 1 aromatic carbocycles. The minimum atomic E-state index is -3.39. The van der Waals surface area contributed by atoms with Gasteiger partial charge in [0.25, 0.3) is 5.91 Å². The first-order chi connectivity index (χ1) is 13.8. The summed E-state index contributed by atoms with van der Waals surface area (Å²) in [6, 6.07) is 6.47. The molecule has 1 amide bonds. The van der Waals surface area contributed by atoms with E-state index in [0.717, 1.165) is 39.0 Å². The summed E-state index contributed by atoms with van der Waals surface area (Å²) in [5, 5.41) is 0. The van der Waals surface area contributed by atoms with E-state index in [1.165, 1.54) is 19.2 Å². The van der Waals surface area contributed by atoms with Gasteiger partial charge in [-0.1, -0.05) is 0 Å². The van der Waals surface area contributed by atoms with Crippen LogP contribution in [-0.4, -0.2) is 88.0 Å². The molecule has 2 aliphatic rings. The Morgan fingerprint density at radius 1 is 1.17 bits per heavy atom. The van der Waals surface area contributed by atoms with E-state index in [9.17, 15) is 13.2 Å². The van der Waals surface area contributed by atoms with E-state index in [0.29, 0.717) is 5.56 Å². The quantitative estimate of drug-likeness (QED) is 0.665. The number of morpholine rings is 1. The molecular formula is C21H32N2O5S. The molecule has 1 aromatic rings. The largest absolute Gasteiger partial charge is 0.384 e. The van der Waals surface area contributed by atoms with Gasteiger partial charge in [0.15, 0.2) is 9.84 Å². The van der Waals surface area contributed by atoms with Crippen molar-refractivity contribution in [2.45, 2.75) is 49.8 Å². The van der Waals surface area contributed by atoms with Crippen LogP contribution in [0.15, 0.2) is 29.2 Å². The molecule has 0 radical (unpaired) electrons. The topological polar surface area (TPSA) is 76.2 Å². The van der Waals surface area contributed by atoms with Crippen molar-refractivity contribution in [3.05, 3.63) is 29.8 Å². The van der Waals surface area contributed by atoms with Gasteiger partial charge < -0.3 is 14.4 Å². The number of nitrogens with zero attached hydrogens (tertiary/aromatic N) is 2. The SMILES string of the molecule is COCCS(=O)(=O)c1ccc(C(=O)N2CCCC2CN2CC(C)OC(C)C2)cc1. The zero-order chi connectivity index (χ0) is 21.0. The molecule has 0 aliphatic carbocycles. The van der Waals surface area contributed by atoms with E-state index in [1.54, 1.807) is 12.1 Å². The molecule has 0 aromatic heterocycles. The summed E-state index contributed by atoms with van der Waals surface area (Å²) < 4.78 is 35.2. The van der Waals surface area contributed by atoms with Crippen molar-refractivity contribution in [3.8, 4) is 0 Å². The van der Waals surface area contributed by atoms with Crippen molar-refractivity contribution >= 4 is 15.7 Å². The maximum Gasteiger partial charge on any atom is 0.254 e. The lowest BCUT2D eigenvalue weighted by atomic mass is 10.1. The summed E-state index contributed by atoms with van der Waals surface area (Å²) >= 11 is 0. The molecule has 3 rings (SSSR count). The number of carbonyl (C=O) groups excluding carboxylic acids is 1. The zero-order valence-corrected chi connectivity index (χ0v) is 18.4. The third-order valence-corrected chi connectivity index (χ3v) is 7.31. The number of carbonyl (C=O) groups is 1. The molecule has 0 bridgehead atoms. The molecule has 2 fully saturated rings. The standard InChI is InChI=1S/C21H32N2O5S/c1-16-13-22(14-17(2)28-16)15-19-5-4-10-23(19)21(24)18-6-8-20(9-7-18)29(25,26)12-11-27-3/h6-9,16-17,19H,4-5,10-15H2,1-3H3. The molecule has 0 saturated carbocycles. The van der Waals surface area contributed by atoms with Crippen LogP contribution in [0.5, 0.6) is 0 Å². The molecule has 7 nitrogen and oxygen atoms in total. The van der Waals surface area contributed by atoms with E-state index in [1.807, 2.05) is 4.90 Å². The first-order valence-electron chi connectivity index (χ1n) is 10.3. The van der Waals surface area contributed by atoms with Gasteiger partial charge in [-0.25, -0.2) is 8.42 Å². The number of rotatable bonds is 7.